The van der Waals surface area contributed by atoms with Crippen LogP contribution in [0.3, 0.4) is 0 Å². The van der Waals surface area contributed by atoms with Crippen LogP contribution < -0.4 is 10.6 Å². The second-order valence-corrected chi connectivity index (χ2v) is 7.97. The van der Waals surface area contributed by atoms with Gasteiger partial charge in [-0.25, -0.2) is 0 Å². The van der Waals surface area contributed by atoms with Gasteiger partial charge in [-0.2, -0.15) is 0 Å². The molecule has 1 saturated heterocycles. The molecule has 1 heterocycles. The number of amides is 2. The van der Waals surface area contributed by atoms with E-state index in [-0.39, 0.29) is 17.7 Å². The molecule has 0 spiro atoms. The fourth-order valence-electron chi connectivity index (χ4n) is 3.93. The van der Waals surface area contributed by atoms with Crippen LogP contribution in [0, 0.1) is 5.92 Å². The minimum absolute atomic E-state index is 0.00370. The molecule has 0 bridgehead atoms. The predicted octanol–water partition coefficient (Wildman–Crippen LogP) is 4.10. The van der Waals surface area contributed by atoms with E-state index in [1.807, 2.05) is 29.2 Å². The molecule has 27 heavy (non-hydrogen) atoms. The molecule has 5 nitrogen and oxygen atoms in total. The summed E-state index contributed by atoms with van der Waals surface area (Å²) >= 11 is 5.30. The Bertz CT molecular complexity index is 678. The molecule has 3 rings (SSSR count). The molecule has 0 radical (unpaired) electrons. The number of carbonyl (C=O) groups excluding carboxylic acids is 2. The maximum Gasteiger partial charge on any atom is 0.253 e. The summed E-state index contributed by atoms with van der Waals surface area (Å²) in [6.45, 7) is 1.65. The van der Waals surface area contributed by atoms with Gasteiger partial charge in [-0.3, -0.25) is 9.59 Å². The van der Waals surface area contributed by atoms with Gasteiger partial charge in [-0.05, 0) is 56.1 Å². The maximum atomic E-state index is 12.8. The third kappa shape index (κ3) is 5.76. The van der Waals surface area contributed by atoms with Crippen molar-refractivity contribution in [1.82, 2.24) is 10.2 Å². The fourth-order valence-corrected chi connectivity index (χ4v) is 4.15. The van der Waals surface area contributed by atoms with Crippen molar-refractivity contribution in [3.8, 4) is 0 Å². The van der Waals surface area contributed by atoms with Gasteiger partial charge in [0.25, 0.3) is 5.91 Å². The quantitative estimate of drug-likeness (QED) is 0.767. The first-order valence-electron chi connectivity index (χ1n) is 10.1. The molecular weight excluding hydrogens is 358 g/mol. The Kier molecular flexibility index (Phi) is 7.21. The molecular formula is C21H29N3O2S. The van der Waals surface area contributed by atoms with Gasteiger partial charge >= 0.3 is 0 Å². The normalized spacial score (nSPS) is 18.4. The first kappa shape index (κ1) is 19.8. The first-order chi connectivity index (χ1) is 13.1. The molecule has 0 atom stereocenters. The second kappa shape index (κ2) is 9.83. The molecule has 0 aromatic heterocycles. The lowest BCUT2D eigenvalue weighted by molar-refractivity contribution is -0.124. The van der Waals surface area contributed by atoms with Crippen LogP contribution in [0.4, 0.5) is 5.69 Å². The minimum atomic E-state index is 0.00370. The van der Waals surface area contributed by atoms with Crippen molar-refractivity contribution in [2.45, 2.75) is 57.8 Å². The summed E-state index contributed by atoms with van der Waals surface area (Å²) in [6, 6.07) is 7.35. The van der Waals surface area contributed by atoms with Gasteiger partial charge < -0.3 is 15.5 Å². The van der Waals surface area contributed by atoms with Crippen LogP contribution in [0.15, 0.2) is 24.3 Å². The zero-order valence-electron chi connectivity index (χ0n) is 15.8. The van der Waals surface area contributed by atoms with Gasteiger partial charge in [-0.1, -0.05) is 38.2 Å². The predicted molar refractivity (Wildman–Crippen MR) is 112 cm³/mol. The summed E-state index contributed by atoms with van der Waals surface area (Å²) in [5, 5.41) is 6.15. The zero-order chi connectivity index (χ0) is 19.1. The molecule has 2 N–H and O–H groups in total. The highest BCUT2D eigenvalue weighted by atomic mass is 32.1. The van der Waals surface area contributed by atoms with Crippen LogP contribution >= 0.6 is 12.2 Å². The van der Waals surface area contributed by atoms with Gasteiger partial charge in [0.15, 0.2) is 5.11 Å². The van der Waals surface area contributed by atoms with Crippen molar-refractivity contribution >= 4 is 34.8 Å². The van der Waals surface area contributed by atoms with E-state index in [4.69, 9.17) is 12.2 Å². The Morgan fingerprint density at radius 2 is 1.63 bits per heavy atom. The number of nitrogens with zero attached hydrogens (tertiary/aromatic N) is 1. The van der Waals surface area contributed by atoms with Crippen LogP contribution in [-0.2, 0) is 4.79 Å². The highest BCUT2D eigenvalue weighted by molar-refractivity contribution is 7.80. The number of hydrogen-bond acceptors (Lipinski definition) is 3. The Labute approximate surface area is 166 Å². The lowest BCUT2D eigenvalue weighted by atomic mass is 9.89. The monoisotopic (exact) mass is 387 g/mol. The van der Waals surface area contributed by atoms with E-state index in [0.29, 0.717) is 10.7 Å². The summed E-state index contributed by atoms with van der Waals surface area (Å²) in [5.74, 6) is 0.135. The Morgan fingerprint density at radius 3 is 2.33 bits per heavy atom. The standard InChI is InChI=1S/C21H29N3O2S/c25-19(16-9-4-3-5-10-16)23-21(27)22-18-12-8-11-17(15-18)20(26)24-13-6-1-2-7-14-24/h8,11-12,15-16H,1-7,9-10,13-14H2,(H2,22,23,25,27). The van der Waals surface area contributed by atoms with E-state index in [2.05, 4.69) is 10.6 Å². The third-order valence-corrected chi connectivity index (χ3v) is 5.68. The second-order valence-electron chi connectivity index (χ2n) is 7.57. The van der Waals surface area contributed by atoms with E-state index < -0.39 is 0 Å². The summed E-state index contributed by atoms with van der Waals surface area (Å²) in [5.41, 5.74) is 1.38. The average molecular weight is 388 g/mol. The highest BCUT2D eigenvalue weighted by Gasteiger charge is 2.22. The van der Waals surface area contributed by atoms with E-state index >= 15 is 0 Å². The molecule has 1 aromatic carbocycles. The van der Waals surface area contributed by atoms with E-state index in [0.717, 1.165) is 57.3 Å². The summed E-state index contributed by atoms with van der Waals surface area (Å²) in [7, 11) is 0. The smallest absolute Gasteiger partial charge is 0.253 e. The zero-order valence-corrected chi connectivity index (χ0v) is 16.7. The van der Waals surface area contributed by atoms with Crippen molar-refractivity contribution in [2.75, 3.05) is 18.4 Å². The number of carbonyl (C=O) groups is 2. The summed E-state index contributed by atoms with van der Waals surface area (Å²) in [4.78, 5) is 27.0. The molecule has 2 fully saturated rings. The van der Waals surface area contributed by atoms with Crippen LogP contribution in [0.25, 0.3) is 0 Å². The molecule has 1 aliphatic heterocycles. The largest absolute Gasteiger partial charge is 0.339 e. The highest BCUT2D eigenvalue weighted by Crippen LogP contribution is 2.23. The SMILES string of the molecule is O=C(NC(=S)Nc1cccc(C(=O)N2CCCCCC2)c1)C1CCCCC1. The summed E-state index contributed by atoms with van der Waals surface area (Å²) < 4.78 is 0. The number of benzene rings is 1. The van der Waals surface area contributed by atoms with Gasteiger partial charge in [-0.15, -0.1) is 0 Å². The van der Waals surface area contributed by atoms with E-state index in [1.165, 1.54) is 19.3 Å². The fraction of sp³-hybridized carbons (Fsp3) is 0.571. The molecule has 1 saturated carbocycles. The Hall–Kier alpha value is -1.95. The third-order valence-electron chi connectivity index (χ3n) is 5.47. The average Bonchev–Trinajstić information content (AvgIpc) is 2.97. The molecule has 146 valence electrons. The van der Waals surface area contributed by atoms with Gasteiger partial charge in [0.1, 0.15) is 0 Å². The van der Waals surface area contributed by atoms with Gasteiger partial charge in [0, 0.05) is 30.3 Å². The Morgan fingerprint density at radius 1 is 0.963 bits per heavy atom. The first-order valence-corrected chi connectivity index (χ1v) is 10.6. The number of hydrogen-bond donors (Lipinski definition) is 2. The van der Waals surface area contributed by atoms with Crippen molar-refractivity contribution < 1.29 is 9.59 Å². The minimum Gasteiger partial charge on any atom is -0.339 e. The molecule has 2 amide bonds. The molecule has 2 aliphatic rings. The van der Waals surface area contributed by atoms with Crippen molar-refractivity contribution in [3.63, 3.8) is 0 Å². The van der Waals surface area contributed by atoms with Crippen molar-refractivity contribution in [3.05, 3.63) is 29.8 Å². The van der Waals surface area contributed by atoms with Gasteiger partial charge in [0.2, 0.25) is 5.91 Å². The number of likely N-dealkylation sites (tertiary alicyclic amines) is 1. The van der Waals surface area contributed by atoms with Crippen LogP contribution in [0.1, 0.15) is 68.1 Å². The van der Waals surface area contributed by atoms with Crippen molar-refractivity contribution in [2.24, 2.45) is 5.92 Å². The van der Waals surface area contributed by atoms with Gasteiger partial charge in [0.05, 0.1) is 0 Å². The molecule has 1 aliphatic carbocycles. The number of rotatable bonds is 3. The van der Waals surface area contributed by atoms with Crippen LogP contribution in [-0.4, -0.2) is 34.9 Å². The number of thiocarbonyl (C=S) groups is 1. The maximum absolute atomic E-state index is 12.8. The number of anilines is 1. The lowest BCUT2D eigenvalue weighted by Gasteiger charge is -2.22. The van der Waals surface area contributed by atoms with E-state index in [1.54, 1.807) is 0 Å². The van der Waals surface area contributed by atoms with Crippen LogP contribution in [0.2, 0.25) is 0 Å². The topological polar surface area (TPSA) is 61.4 Å². The van der Waals surface area contributed by atoms with Crippen LogP contribution in [0.5, 0.6) is 0 Å². The summed E-state index contributed by atoms with van der Waals surface area (Å²) in [6.07, 6.45) is 9.84. The Balaban J connectivity index is 1.57. The number of nitrogens with one attached hydrogen (secondary N) is 2. The molecule has 6 heteroatoms. The molecule has 1 aromatic rings. The molecule has 0 unspecified atom stereocenters. The van der Waals surface area contributed by atoms with E-state index in [9.17, 15) is 9.59 Å². The lowest BCUT2D eigenvalue weighted by Crippen LogP contribution is -2.39. The van der Waals surface area contributed by atoms with Crippen molar-refractivity contribution in [1.29, 1.82) is 0 Å².